The van der Waals surface area contributed by atoms with E-state index >= 15 is 0 Å². The zero-order chi connectivity index (χ0) is 13.9. The fourth-order valence-corrected chi connectivity index (χ4v) is 2.04. The van der Waals surface area contributed by atoms with Crippen molar-refractivity contribution < 1.29 is 19.5 Å². The topological polar surface area (TPSA) is 113 Å². The number of carboxylic acid groups (broad SMARTS) is 1. The summed E-state index contributed by atoms with van der Waals surface area (Å²) in [6.07, 6.45) is 1.22. The van der Waals surface area contributed by atoms with Gasteiger partial charge in [0.15, 0.2) is 0 Å². The molecule has 1 unspecified atom stereocenters. The van der Waals surface area contributed by atoms with Crippen molar-refractivity contribution in [2.24, 2.45) is 11.7 Å². The van der Waals surface area contributed by atoms with E-state index in [1.807, 2.05) is 0 Å². The van der Waals surface area contributed by atoms with Crippen molar-refractivity contribution in [3.8, 4) is 0 Å². The van der Waals surface area contributed by atoms with Gasteiger partial charge in [-0.25, -0.2) is 9.59 Å². The molecule has 1 heterocycles. The number of rotatable bonds is 4. The third kappa shape index (κ3) is 3.12. The van der Waals surface area contributed by atoms with Gasteiger partial charge in [0.05, 0.1) is 0 Å². The Morgan fingerprint density at radius 1 is 1.39 bits per heavy atom. The van der Waals surface area contributed by atoms with Crippen LogP contribution in [0.5, 0.6) is 0 Å². The molecule has 1 fully saturated rings. The summed E-state index contributed by atoms with van der Waals surface area (Å²) in [7, 11) is 0. The smallest absolute Gasteiger partial charge is 0.326 e. The van der Waals surface area contributed by atoms with Crippen LogP contribution >= 0.6 is 0 Å². The molecule has 0 bridgehead atoms. The highest BCUT2D eigenvalue weighted by molar-refractivity contribution is 5.88. The third-order valence-electron chi connectivity index (χ3n) is 3.05. The van der Waals surface area contributed by atoms with Crippen molar-refractivity contribution in [3.05, 3.63) is 0 Å². The molecule has 0 radical (unpaired) electrons. The van der Waals surface area contributed by atoms with Gasteiger partial charge in [-0.3, -0.25) is 4.79 Å². The van der Waals surface area contributed by atoms with Crippen LogP contribution in [0.2, 0.25) is 0 Å². The molecule has 102 valence electrons. The lowest BCUT2D eigenvalue weighted by atomic mass is 10.1. The number of aliphatic carboxylic acids is 1. The first-order valence-electron chi connectivity index (χ1n) is 5.93. The van der Waals surface area contributed by atoms with Crippen molar-refractivity contribution >= 4 is 17.9 Å². The van der Waals surface area contributed by atoms with Gasteiger partial charge in [0, 0.05) is 6.54 Å². The molecule has 1 saturated heterocycles. The van der Waals surface area contributed by atoms with Gasteiger partial charge in [-0.1, -0.05) is 13.8 Å². The number of nitrogens with zero attached hydrogens (tertiary/aromatic N) is 1. The number of carbonyl (C=O) groups excluding carboxylic acids is 2. The number of carbonyl (C=O) groups is 3. The summed E-state index contributed by atoms with van der Waals surface area (Å²) in [5, 5.41) is 11.4. The molecule has 0 aliphatic carbocycles. The lowest BCUT2D eigenvalue weighted by Crippen LogP contribution is -2.53. The number of likely N-dealkylation sites (tertiary alicyclic amines) is 1. The van der Waals surface area contributed by atoms with Gasteiger partial charge in [0.25, 0.3) is 0 Å². The summed E-state index contributed by atoms with van der Waals surface area (Å²) >= 11 is 0. The maximum atomic E-state index is 11.9. The van der Waals surface area contributed by atoms with E-state index in [9.17, 15) is 14.4 Å². The average Bonchev–Trinajstić information content (AvgIpc) is 2.73. The molecule has 2 atom stereocenters. The Morgan fingerprint density at radius 3 is 2.44 bits per heavy atom. The summed E-state index contributed by atoms with van der Waals surface area (Å²) in [6.45, 7) is 3.83. The molecule has 0 saturated carbocycles. The fourth-order valence-electron chi connectivity index (χ4n) is 2.04. The van der Waals surface area contributed by atoms with Crippen molar-refractivity contribution in [3.63, 3.8) is 0 Å². The first-order valence-corrected chi connectivity index (χ1v) is 5.93. The van der Waals surface area contributed by atoms with Gasteiger partial charge in [-0.05, 0) is 18.8 Å². The predicted molar refractivity (Wildman–Crippen MR) is 63.7 cm³/mol. The zero-order valence-corrected chi connectivity index (χ0v) is 10.5. The van der Waals surface area contributed by atoms with Gasteiger partial charge in [0.2, 0.25) is 5.91 Å². The molecular formula is C11H19N3O4. The number of hydrogen-bond acceptors (Lipinski definition) is 3. The number of amides is 3. The maximum absolute atomic E-state index is 11.9. The fraction of sp³-hybridized carbons (Fsp3) is 0.727. The minimum absolute atomic E-state index is 0.235. The summed E-state index contributed by atoms with van der Waals surface area (Å²) < 4.78 is 0. The summed E-state index contributed by atoms with van der Waals surface area (Å²) in [4.78, 5) is 35.4. The van der Waals surface area contributed by atoms with Crippen LogP contribution in [0.4, 0.5) is 4.79 Å². The molecule has 7 nitrogen and oxygen atoms in total. The average molecular weight is 257 g/mol. The van der Waals surface area contributed by atoms with E-state index in [4.69, 9.17) is 10.8 Å². The lowest BCUT2D eigenvalue weighted by molar-refractivity contribution is -0.140. The summed E-state index contributed by atoms with van der Waals surface area (Å²) in [5.41, 5.74) is 5.20. The van der Waals surface area contributed by atoms with Gasteiger partial charge < -0.3 is 21.1 Å². The van der Waals surface area contributed by atoms with Crippen LogP contribution in [0.15, 0.2) is 0 Å². The minimum atomic E-state index is -1.09. The molecule has 0 aromatic heterocycles. The van der Waals surface area contributed by atoms with Crippen molar-refractivity contribution in [1.29, 1.82) is 0 Å². The third-order valence-corrected chi connectivity index (χ3v) is 3.05. The van der Waals surface area contributed by atoms with Crippen LogP contribution < -0.4 is 11.1 Å². The highest BCUT2D eigenvalue weighted by Crippen LogP contribution is 2.17. The number of urea groups is 1. The lowest BCUT2D eigenvalue weighted by Gasteiger charge is -2.26. The first-order chi connectivity index (χ1) is 8.34. The Kier molecular flexibility index (Phi) is 4.52. The van der Waals surface area contributed by atoms with Crippen molar-refractivity contribution in [2.75, 3.05) is 6.54 Å². The Balaban J connectivity index is 2.69. The van der Waals surface area contributed by atoms with E-state index < -0.39 is 30.0 Å². The number of nitrogens with one attached hydrogen (secondary N) is 1. The molecular weight excluding hydrogens is 238 g/mol. The predicted octanol–water partition coefficient (Wildman–Crippen LogP) is -0.245. The van der Waals surface area contributed by atoms with Crippen LogP contribution in [-0.2, 0) is 9.59 Å². The van der Waals surface area contributed by atoms with E-state index in [2.05, 4.69) is 5.32 Å². The Morgan fingerprint density at radius 2 is 2.00 bits per heavy atom. The molecule has 0 aromatic carbocycles. The number of hydrogen-bond donors (Lipinski definition) is 3. The Labute approximate surface area is 105 Å². The molecule has 4 N–H and O–H groups in total. The van der Waals surface area contributed by atoms with Crippen molar-refractivity contribution in [2.45, 2.75) is 38.8 Å². The molecule has 18 heavy (non-hydrogen) atoms. The monoisotopic (exact) mass is 257 g/mol. The second-order valence-electron chi connectivity index (χ2n) is 4.76. The highest BCUT2D eigenvalue weighted by atomic mass is 16.4. The van der Waals surface area contributed by atoms with E-state index in [-0.39, 0.29) is 5.92 Å². The van der Waals surface area contributed by atoms with E-state index in [0.29, 0.717) is 19.4 Å². The maximum Gasteiger partial charge on any atom is 0.326 e. The second-order valence-corrected chi connectivity index (χ2v) is 4.76. The Bertz CT molecular complexity index is 356. The summed E-state index contributed by atoms with van der Waals surface area (Å²) in [6, 6.07) is -2.14. The first kappa shape index (κ1) is 14.3. The van der Waals surface area contributed by atoms with Gasteiger partial charge >= 0.3 is 12.0 Å². The zero-order valence-electron chi connectivity index (χ0n) is 10.5. The number of primary amides is 1. The number of carboxylic acids is 1. The normalized spacial score (nSPS) is 20.8. The SMILES string of the molecule is CC(C)[C@@H](NC(=O)N1CCCC1C(N)=O)C(=O)O. The highest BCUT2D eigenvalue weighted by Gasteiger charge is 2.34. The van der Waals surface area contributed by atoms with Crippen LogP contribution in [0, 0.1) is 5.92 Å². The standard InChI is InChI=1S/C11H19N3O4/c1-6(2)8(10(16)17)13-11(18)14-5-3-4-7(14)9(12)15/h6-8H,3-5H2,1-2H3,(H2,12,15)(H,13,18)(H,16,17)/t7?,8-/m1/s1. The molecule has 0 spiro atoms. The minimum Gasteiger partial charge on any atom is -0.480 e. The van der Waals surface area contributed by atoms with Gasteiger partial charge in [-0.15, -0.1) is 0 Å². The van der Waals surface area contributed by atoms with Crippen LogP contribution in [0.1, 0.15) is 26.7 Å². The molecule has 1 rings (SSSR count). The Hall–Kier alpha value is -1.79. The molecule has 1 aliphatic heterocycles. The van der Waals surface area contributed by atoms with Crippen molar-refractivity contribution in [1.82, 2.24) is 10.2 Å². The second kappa shape index (κ2) is 5.70. The summed E-state index contributed by atoms with van der Waals surface area (Å²) in [5.74, 6) is -1.88. The van der Waals surface area contributed by atoms with E-state index in [1.54, 1.807) is 13.8 Å². The molecule has 7 heteroatoms. The molecule has 3 amide bonds. The largest absolute Gasteiger partial charge is 0.480 e. The molecule has 0 aromatic rings. The number of nitrogens with two attached hydrogens (primary N) is 1. The van der Waals surface area contributed by atoms with E-state index in [1.165, 1.54) is 4.90 Å². The van der Waals surface area contributed by atoms with Gasteiger partial charge in [0.1, 0.15) is 12.1 Å². The quantitative estimate of drug-likeness (QED) is 0.644. The molecule has 1 aliphatic rings. The van der Waals surface area contributed by atoms with E-state index in [0.717, 1.165) is 0 Å². The van der Waals surface area contributed by atoms with Crippen LogP contribution in [0.3, 0.4) is 0 Å². The van der Waals surface area contributed by atoms with Gasteiger partial charge in [-0.2, -0.15) is 0 Å². The van der Waals surface area contributed by atoms with Crippen LogP contribution in [-0.4, -0.2) is 46.5 Å². The van der Waals surface area contributed by atoms with Crippen LogP contribution in [0.25, 0.3) is 0 Å².